The van der Waals surface area contributed by atoms with Crippen molar-refractivity contribution in [3.8, 4) is 22.6 Å². The summed E-state index contributed by atoms with van der Waals surface area (Å²) in [6.45, 7) is 2.32. The number of carbonyl (C=O) groups is 1. The zero-order valence-corrected chi connectivity index (χ0v) is 17.1. The Bertz CT molecular complexity index is 1080. The summed E-state index contributed by atoms with van der Waals surface area (Å²) in [5.41, 5.74) is 0.414. The van der Waals surface area contributed by atoms with Crippen molar-refractivity contribution in [2.45, 2.75) is 13.3 Å². The van der Waals surface area contributed by atoms with Crippen molar-refractivity contribution >= 4 is 32.7 Å². The predicted molar refractivity (Wildman–Crippen MR) is 110 cm³/mol. The van der Waals surface area contributed by atoms with Crippen molar-refractivity contribution in [1.82, 2.24) is 4.57 Å². The smallest absolute Gasteiger partial charge is 0.241 e. The summed E-state index contributed by atoms with van der Waals surface area (Å²) < 4.78 is 26.8. The highest BCUT2D eigenvalue weighted by Gasteiger charge is 2.20. The van der Waals surface area contributed by atoms with Gasteiger partial charge in [0, 0.05) is 11.8 Å². The molecule has 0 amide bonds. The first-order chi connectivity index (χ1) is 13.5. The molecule has 0 fully saturated rings. The van der Waals surface area contributed by atoms with Gasteiger partial charge in [0.05, 0.1) is 24.4 Å². The molecule has 5 nitrogen and oxygen atoms in total. The molecule has 0 aliphatic rings. The molecule has 28 heavy (non-hydrogen) atoms. The van der Waals surface area contributed by atoms with Gasteiger partial charge < -0.3 is 9.47 Å². The fourth-order valence-electron chi connectivity index (χ4n) is 2.96. The molecule has 0 spiro atoms. The van der Waals surface area contributed by atoms with Gasteiger partial charge in [-0.2, -0.15) is 0 Å². The number of pyridine rings is 1. The van der Waals surface area contributed by atoms with Gasteiger partial charge >= 0.3 is 0 Å². The van der Waals surface area contributed by atoms with Gasteiger partial charge in [0.1, 0.15) is 22.8 Å². The number of alkyl halides is 1. The Labute approximate surface area is 169 Å². The molecule has 0 N–H and O–H groups in total. The summed E-state index contributed by atoms with van der Waals surface area (Å²) in [5, 5.41) is -0.159. The summed E-state index contributed by atoms with van der Waals surface area (Å²) >= 11 is 3.15. The molecule has 0 radical (unpaired) electrons. The summed E-state index contributed by atoms with van der Waals surface area (Å²) in [4.78, 5) is 25.7. The first-order valence-corrected chi connectivity index (χ1v) is 9.88. The van der Waals surface area contributed by atoms with Crippen molar-refractivity contribution in [1.29, 1.82) is 0 Å². The van der Waals surface area contributed by atoms with Crippen LogP contribution in [0.25, 0.3) is 22.0 Å². The molecule has 0 aliphatic carbocycles. The van der Waals surface area contributed by atoms with Crippen LogP contribution in [0.15, 0.2) is 47.4 Å². The van der Waals surface area contributed by atoms with Crippen LogP contribution in [0.5, 0.6) is 11.5 Å². The van der Waals surface area contributed by atoms with Crippen molar-refractivity contribution in [2.24, 2.45) is 0 Å². The quantitative estimate of drug-likeness (QED) is 0.516. The standard InChI is InChI=1S/C21H19BrFNO4/c1-3-10-28-17-9-8-16(23)19-20(17)24(18(25)11-22)12-15(21(19)26)13-4-6-14(27-2)7-5-13/h4-9,12H,3,10-11H2,1-2H3. The minimum Gasteiger partial charge on any atom is -0.497 e. The highest BCUT2D eigenvalue weighted by molar-refractivity contribution is 9.09. The van der Waals surface area contributed by atoms with Crippen molar-refractivity contribution in [2.75, 3.05) is 19.0 Å². The van der Waals surface area contributed by atoms with Crippen LogP contribution < -0.4 is 14.9 Å². The van der Waals surface area contributed by atoms with Crippen LogP contribution >= 0.6 is 15.9 Å². The summed E-state index contributed by atoms with van der Waals surface area (Å²) in [5.74, 6) is -0.115. The summed E-state index contributed by atoms with van der Waals surface area (Å²) in [6.07, 6.45) is 2.17. The van der Waals surface area contributed by atoms with Crippen LogP contribution in [0.4, 0.5) is 4.39 Å². The van der Waals surface area contributed by atoms with E-state index in [2.05, 4.69) is 15.9 Å². The zero-order chi connectivity index (χ0) is 20.3. The molecule has 0 unspecified atom stereocenters. The molecule has 0 saturated heterocycles. The Morgan fingerprint density at radius 2 is 1.89 bits per heavy atom. The SMILES string of the molecule is CCCOc1ccc(F)c2c(=O)c(-c3ccc(OC)cc3)cn(C(=O)CBr)c12. The van der Waals surface area contributed by atoms with E-state index in [4.69, 9.17) is 9.47 Å². The lowest BCUT2D eigenvalue weighted by Gasteiger charge is -2.16. The summed E-state index contributed by atoms with van der Waals surface area (Å²) in [7, 11) is 1.54. The number of hydrogen-bond donors (Lipinski definition) is 0. The number of hydrogen-bond acceptors (Lipinski definition) is 4. The van der Waals surface area contributed by atoms with Crippen LogP contribution in [-0.2, 0) is 0 Å². The highest BCUT2D eigenvalue weighted by Crippen LogP contribution is 2.30. The Morgan fingerprint density at radius 1 is 1.18 bits per heavy atom. The van der Waals surface area contributed by atoms with E-state index in [0.29, 0.717) is 23.7 Å². The first kappa shape index (κ1) is 20.1. The lowest BCUT2D eigenvalue weighted by molar-refractivity contribution is 0.0947. The fraction of sp³-hybridized carbons (Fsp3) is 0.238. The molecule has 0 saturated carbocycles. The lowest BCUT2D eigenvalue weighted by atomic mass is 10.0. The number of aromatic nitrogens is 1. The van der Waals surface area contributed by atoms with Gasteiger partial charge in [-0.05, 0) is 36.2 Å². The first-order valence-electron chi connectivity index (χ1n) is 8.76. The average Bonchev–Trinajstić information content (AvgIpc) is 2.73. The van der Waals surface area contributed by atoms with Gasteiger partial charge in [-0.1, -0.05) is 35.0 Å². The molecular weight excluding hydrogens is 429 g/mol. The average molecular weight is 448 g/mol. The number of rotatable bonds is 6. The van der Waals surface area contributed by atoms with E-state index in [-0.39, 0.29) is 27.7 Å². The van der Waals surface area contributed by atoms with Gasteiger partial charge in [0.15, 0.2) is 5.43 Å². The normalized spacial score (nSPS) is 10.9. The topological polar surface area (TPSA) is 57.5 Å². The minimum absolute atomic E-state index is 0.0107. The van der Waals surface area contributed by atoms with Gasteiger partial charge in [0.2, 0.25) is 5.91 Å². The maximum atomic E-state index is 14.7. The van der Waals surface area contributed by atoms with Crippen molar-refractivity contribution < 1.29 is 18.7 Å². The number of fused-ring (bicyclic) bond motifs is 1. The molecule has 3 rings (SSSR count). The van der Waals surface area contributed by atoms with E-state index in [9.17, 15) is 14.0 Å². The van der Waals surface area contributed by atoms with E-state index in [1.54, 1.807) is 31.4 Å². The maximum absolute atomic E-state index is 14.7. The molecule has 1 heterocycles. The van der Waals surface area contributed by atoms with Gasteiger partial charge in [-0.3, -0.25) is 14.2 Å². The Balaban J connectivity index is 2.36. The molecule has 1 aromatic heterocycles. The number of ether oxygens (including phenoxy) is 2. The largest absolute Gasteiger partial charge is 0.497 e. The molecule has 7 heteroatoms. The number of carbonyl (C=O) groups excluding carboxylic acids is 1. The molecule has 0 aliphatic heterocycles. The molecule has 146 valence electrons. The Kier molecular flexibility index (Phi) is 6.14. The number of benzene rings is 2. The van der Waals surface area contributed by atoms with Crippen LogP contribution in [0, 0.1) is 5.82 Å². The monoisotopic (exact) mass is 447 g/mol. The molecule has 0 bridgehead atoms. The molecule has 2 aromatic carbocycles. The number of nitrogens with zero attached hydrogens (tertiary/aromatic N) is 1. The van der Waals surface area contributed by atoms with Crippen LogP contribution in [0.1, 0.15) is 18.1 Å². The predicted octanol–water partition coefficient (Wildman–Crippen LogP) is 4.64. The van der Waals surface area contributed by atoms with Crippen molar-refractivity contribution in [3.63, 3.8) is 0 Å². The maximum Gasteiger partial charge on any atom is 0.241 e. The second kappa shape index (κ2) is 8.56. The van der Waals surface area contributed by atoms with Crippen molar-refractivity contribution in [3.05, 3.63) is 58.6 Å². The Morgan fingerprint density at radius 3 is 2.50 bits per heavy atom. The third-order valence-corrected chi connectivity index (χ3v) is 4.79. The number of methoxy groups -OCH3 is 1. The second-order valence-corrected chi connectivity index (χ2v) is 6.68. The van der Waals surface area contributed by atoms with Crippen LogP contribution in [-0.4, -0.2) is 29.5 Å². The van der Waals surface area contributed by atoms with E-state index in [1.807, 2.05) is 6.92 Å². The van der Waals surface area contributed by atoms with E-state index in [0.717, 1.165) is 6.42 Å². The third kappa shape index (κ3) is 3.67. The third-order valence-electron chi connectivity index (χ3n) is 4.31. The van der Waals surface area contributed by atoms with Gasteiger partial charge in [0.25, 0.3) is 0 Å². The fourth-order valence-corrected chi connectivity index (χ4v) is 3.23. The van der Waals surface area contributed by atoms with Crippen LogP contribution in [0.3, 0.4) is 0 Å². The Hall–Kier alpha value is -2.67. The highest BCUT2D eigenvalue weighted by atomic mass is 79.9. The molecule has 0 atom stereocenters. The number of halogens is 2. The zero-order valence-electron chi connectivity index (χ0n) is 15.5. The van der Waals surface area contributed by atoms with Gasteiger partial charge in [-0.25, -0.2) is 4.39 Å². The lowest BCUT2D eigenvalue weighted by Crippen LogP contribution is -2.20. The summed E-state index contributed by atoms with van der Waals surface area (Å²) in [6, 6.07) is 9.42. The van der Waals surface area contributed by atoms with E-state index >= 15 is 0 Å². The van der Waals surface area contributed by atoms with Gasteiger partial charge in [-0.15, -0.1) is 0 Å². The second-order valence-electron chi connectivity index (χ2n) is 6.12. The molecular formula is C21H19BrFNO4. The minimum atomic E-state index is -0.699. The van der Waals surface area contributed by atoms with Crippen LogP contribution in [0.2, 0.25) is 0 Å². The van der Waals surface area contributed by atoms with E-state index < -0.39 is 11.2 Å². The van der Waals surface area contributed by atoms with E-state index in [1.165, 1.54) is 22.9 Å². The molecule has 3 aromatic rings.